The molecule has 1 heterocycles. The lowest BCUT2D eigenvalue weighted by Crippen LogP contribution is -2.09. The molecule has 2 rings (SSSR count). The Hall–Kier alpha value is -2.41. The summed E-state index contributed by atoms with van der Waals surface area (Å²) in [6, 6.07) is 4.60. The van der Waals surface area contributed by atoms with Crippen LogP contribution in [0.3, 0.4) is 0 Å². The highest BCUT2D eigenvalue weighted by molar-refractivity contribution is 5.91. The van der Waals surface area contributed by atoms with Crippen LogP contribution in [-0.2, 0) is 0 Å². The third-order valence-electron chi connectivity index (χ3n) is 3.37. The molecule has 24 heavy (non-hydrogen) atoms. The van der Waals surface area contributed by atoms with Crippen LogP contribution in [-0.4, -0.2) is 28.0 Å². The zero-order valence-electron chi connectivity index (χ0n) is 13.6. The van der Waals surface area contributed by atoms with Gasteiger partial charge in [0.2, 0.25) is 5.95 Å². The fourth-order valence-corrected chi connectivity index (χ4v) is 2.19. The topological polar surface area (TPSA) is 93.0 Å². The first-order valence-electron chi connectivity index (χ1n) is 7.70. The fourth-order valence-electron chi connectivity index (χ4n) is 2.19. The van der Waals surface area contributed by atoms with E-state index >= 15 is 0 Å². The standard InChI is InChI=1S/C16H21N5O2.ClH/c1-3-5-6-10-17-15-13-11-12(21(22)23)7-8-14(13)19-16(20-15)18-9-4-2;/h4,7-8,11H,2-3,5-6,9-10H2,1H3,(H2,17,18,19,20);1H. The van der Waals surface area contributed by atoms with Gasteiger partial charge in [0.25, 0.3) is 5.69 Å². The van der Waals surface area contributed by atoms with Crippen LogP contribution in [0.1, 0.15) is 26.2 Å². The normalized spacial score (nSPS) is 10.0. The van der Waals surface area contributed by atoms with Crippen molar-refractivity contribution in [3.05, 3.63) is 41.0 Å². The molecule has 8 heteroatoms. The Morgan fingerprint density at radius 3 is 2.75 bits per heavy atom. The minimum Gasteiger partial charge on any atom is -0.369 e. The Labute approximate surface area is 147 Å². The molecule has 0 atom stereocenters. The van der Waals surface area contributed by atoms with Crippen molar-refractivity contribution in [3.8, 4) is 0 Å². The SMILES string of the molecule is C=CCNc1nc(NCCCCC)c2cc([N+](=O)[O-])ccc2n1.Cl. The molecule has 2 N–H and O–H groups in total. The summed E-state index contributed by atoms with van der Waals surface area (Å²) >= 11 is 0. The molecule has 7 nitrogen and oxygen atoms in total. The van der Waals surface area contributed by atoms with Crippen molar-refractivity contribution in [2.24, 2.45) is 0 Å². The summed E-state index contributed by atoms with van der Waals surface area (Å²) in [5.74, 6) is 1.09. The Kier molecular flexibility index (Phi) is 7.91. The molecule has 0 saturated carbocycles. The highest BCUT2D eigenvalue weighted by Crippen LogP contribution is 2.26. The summed E-state index contributed by atoms with van der Waals surface area (Å²) in [4.78, 5) is 19.4. The molecule has 0 radical (unpaired) electrons. The number of nitro benzene ring substituents is 1. The molecular weight excluding hydrogens is 330 g/mol. The van der Waals surface area contributed by atoms with Gasteiger partial charge in [0, 0.05) is 30.6 Å². The van der Waals surface area contributed by atoms with E-state index in [2.05, 4.69) is 34.1 Å². The molecule has 130 valence electrons. The van der Waals surface area contributed by atoms with E-state index in [0.29, 0.717) is 29.2 Å². The summed E-state index contributed by atoms with van der Waals surface area (Å²) < 4.78 is 0. The number of non-ortho nitro benzene ring substituents is 1. The molecule has 0 aliphatic heterocycles. The average Bonchev–Trinajstić information content (AvgIpc) is 2.56. The van der Waals surface area contributed by atoms with Gasteiger partial charge in [0.05, 0.1) is 10.4 Å². The number of nitro groups is 1. The number of hydrogen-bond donors (Lipinski definition) is 2. The van der Waals surface area contributed by atoms with E-state index in [0.717, 1.165) is 25.8 Å². The quantitative estimate of drug-likeness (QED) is 0.305. The number of aromatic nitrogens is 2. The van der Waals surface area contributed by atoms with E-state index in [1.165, 1.54) is 12.1 Å². The molecule has 0 fully saturated rings. The molecular formula is C16H22ClN5O2. The Morgan fingerprint density at radius 2 is 2.08 bits per heavy atom. The first kappa shape index (κ1) is 19.6. The number of fused-ring (bicyclic) bond motifs is 1. The van der Waals surface area contributed by atoms with Crippen LogP contribution >= 0.6 is 12.4 Å². The van der Waals surface area contributed by atoms with E-state index in [1.54, 1.807) is 12.1 Å². The zero-order chi connectivity index (χ0) is 16.7. The average molecular weight is 352 g/mol. The third-order valence-corrected chi connectivity index (χ3v) is 3.37. The number of rotatable bonds is 9. The number of nitrogens with one attached hydrogen (secondary N) is 2. The molecule has 0 bridgehead atoms. The molecule has 0 aliphatic rings. The van der Waals surface area contributed by atoms with E-state index < -0.39 is 4.92 Å². The van der Waals surface area contributed by atoms with Crippen LogP contribution in [0.15, 0.2) is 30.9 Å². The maximum Gasteiger partial charge on any atom is 0.270 e. The second-order valence-electron chi connectivity index (χ2n) is 5.16. The third kappa shape index (κ3) is 5.06. The number of nitrogens with zero attached hydrogens (tertiary/aromatic N) is 3. The maximum absolute atomic E-state index is 11.0. The van der Waals surface area contributed by atoms with Crippen LogP contribution in [0.4, 0.5) is 17.5 Å². The molecule has 0 unspecified atom stereocenters. The van der Waals surface area contributed by atoms with Gasteiger partial charge in [-0.1, -0.05) is 25.8 Å². The van der Waals surface area contributed by atoms with Crippen LogP contribution in [0.2, 0.25) is 0 Å². The largest absolute Gasteiger partial charge is 0.369 e. The van der Waals surface area contributed by atoms with Crippen molar-refractivity contribution in [2.45, 2.75) is 26.2 Å². The lowest BCUT2D eigenvalue weighted by Gasteiger charge is -2.11. The van der Waals surface area contributed by atoms with Gasteiger partial charge in [0.1, 0.15) is 5.82 Å². The van der Waals surface area contributed by atoms with Crippen molar-refractivity contribution >= 4 is 40.8 Å². The molecule has 0 aliphatic carbocycles. The fraction of sp³-hybridized carbons (Fsp3) is 0.375. The van der Waals surface area contributed by atoms with Crippen LogP contribution < -0.4 is 10.6 Å². The van der Waals surface area contributed by atoms with E-state index in [4.69, 9.17) is 0 Å². The second-order valence-corrected chi connectivity index (χ2v) is 5.16. The second kappa shape index (κ2) is 9.67. The Bertz CT molecular complexity index is 708. The number of halogens is 1. The predicted octanol–water partition coefficient (Wildman–Crippen LogP) is 4.16. The van der Waals surface area contributed by atoms with Crippen molar-refractivity contribution in [1.82, 2.24) is 9.97 Å². The van der Waals surface area contributed by atoms with Crippen molar-refractivity contribution in [2.75, 3.05) is 23.7 Å². The minimum atomic E-state index is -0.413. The highest BCUT2D eigenvalue weighted by Gasteiger charge is 2.12. The molecule has 2 aromatic rings. The highest BCUT2D eigenvalue weighted by atomic mass is 35.5. The van der Waals surface area contributed by atoms with Gasteiger partial charge in [-0.2, -0.15) is 4.98 Å². The van der Waals surface area contributed by atoms with Gasteiger partial charge in [0.15, 0.2) is 0 Å². The van der Waals surface area contributed by atoms with Crippen LogP contribution in [0.25, 0.3) is 10.9 Å². The van der Waals surface area contributed by atoms with Gasteiger partial charge >= 0.3 is 0 Å². The zero-order valence-corrected chi connectivity index (χ0v) is 14.4. The first-order chi connectivity index (χ1) is 11.2. The summed E-state index contributed by atoms with van der Waals surface area (Å²) in [7, 11) is 0. The number of benzene rings is 1. The van der Waals surface area contributed by atoms with Gasteiger partial charge in [-0.15, -0.1) is 19.0 Å². The van der Waals surface area contributed by atoms with Crippen molar-refractivity contribution in [1.29, 1.82) is 0 Å². The lowest BCUT2D eigenvalue weighted by molar-refractivity contribution is -0.384. The summed E-state index contributed by atoms with van der Waals surface area (Å²) in [5, 5.41) is 18.0. The summed E-state index contributed by atoms with van der Waals surface area (Å²) in [6.07, 6.45) is 4.99. The first-order valence-corrected chi connectivity index (χ1v) is 7.70. The maximum atomic E-state index is 11.0. The van der Waals surface area contributed by atoms with Crippen LogP contribution in [0, 0.1) is 10.1 Å². The Morgan fingerprint density at radius 1 is 1.29 bits per heavy atom. The summed E-state index contributed by atoms with van der Waals surface area (Å²) in [6.45, 7) is 7.11. The molecule has 0 saturated heterocycles. The minimum absolute atomic E-state index is 0. The number of hydrogen-bond acceptors (Lipinski definition) is 6. The van der Waals surface area contributed by atoms with Gasteiger partial charge in [-0.25, -0.2) is 4.98 Å². The summed E-state index contributed by atoms with van der Waals surface area (Å²) in [5.41, 5.74) is 0.694. The lowest BCUT2D eigenvalue weighted by atomic mass is 10.2. The predicted molar refractivity (Wildman–Crippen MR) is 100 cm³/mol. The van der Waals surface area contributed by atoms with E-state index in [-0.39, 0.29) is 18.1 Å². The van der Waals surface area contributed by atoms with E-state index in [1.807, 2.05) is 0 Å². The van der Waals surface area contributed by atoms with Crippen molar-refractivity contribution < 1.29 is 4.92 Å². The monoisotopic (exact) mass is 351 g/mol. The smallest absolute Gasteiger partial charge is 0.270 e. The molecule has 0 spiro atoms. The van der Waals surface area contributed by atoms with Gasteiger partial charge < -0.3 is 10.6 Å². The van der Waals surface area contributed by atoms with Gasteiger partial charge in [-0.05, 0) is 12.5 Å². The van der Waals surface area contributed by atoms with Gasteiger partial charge in [-0.3, -0.25) is 10.1 Å². The Balaban J connectivity index is 0.00000288. The number of unbranched alkanes of at least 4 members (excludes halogenated alkanes) is 2. The molecule has 1 aromatic heterocycles. The molecule has 1 aromatic carbocycles. The number of anilines is 2. The molecule has 0 amide bonds. The van der Waals surface area contributed by atoms with Crippen molar-refractivity contribution in [3.63, 3.8) is 0 Å². The van der Waals surface area contributed by atoms with E-state index in [9.17, 15) is 10.1 Å². The van der Waals surface area contributed by atoms with Crippen LogP contribution in [0.5, 0.6) is 0 Å².